The molecule has 1 aromatic carbocycles. The number of aromatic nitrogens is 2. The topological polar surface area (TPSA) is 50.2 Å². The van der Waals surface area contributed by atoms with E-state index in [0.717, 1.165) is 42.1 Å². The lowest BCUT2D eigenvalue weighted by atomic mass is 9.75. The Hall–Kier alpha value is -2.14. The zero-order valence-corrected chi connectivity index (χ0v) is 18.0. The summed E-state index contributed by atoms with van der Waals surface area (Å²) in [6, 6.07) is 12.0. The number of piperidine rings is 1. The number of nitrogens with one attached hydrogen (secondary N) is 1. The zero-order valence-electron chi connectivity index (χ0n) is 18.0. The molecule has 0 spiro atoms. The lowest BCUT2D eigenvalue weighted by Gasteiger charge is -2.41. The fourth-order valence-corrected chi connectivity index (χ4v) is 4.81. The van der Waals surface area contributed by atoms with Gasteiger partial charge in [0.05, 0.1) is 17.9 Å². The first-order valence-corrected chi connectivity index (χ1v) is 11.1. The van der Waals surface area contributed by atoms with Gasteiger partial charge >= 0.3 is 0 Å². The highest BCUT2D eigenvalue weighted by molar-refractivity contribution is 5.91. The van der Waals surface area contributed by atoms with Crippen LogP contribution in [0.1, 0.15) is 58.6 Å². The summed E-state index contributed by atoms with van der Waals surface area (Å²) in [4.78, 5) is 15.2. The Morgan fingerprint density at radius 1 is 1.10 bits per heavy atom. The highest BCUT2D eigenvalue weighted by Crippen LogP contribution is 2.36. The van der Waals surface area contributed by atoms with Crippen LogP contribution in [0.3, 0.4) is 0 Å². The van der Waals surface area contributed by atoms with Crippen LogP contribution in [0, 0.1) is 11.8 Å². The second-order valence-corrected chi connectivity index (χ2v) is 9.79. The van der Waals surface area contributed by atoms with E-state index in [-0.39, 0.29) is 11.3 Å². The minimum Gasteiger partial charge on any atom is -0.309 e. The van der Waals surface area contributed by atoms with Crippen molar-refractivity contribution in [2.24, 2.45) is 11.8 Å². The van der Waals surface area contributed by atoms with E-state index < -0.39 is 0 Å². The number of carbonyl (C=O) groups excluding carboxylic acids is 1. The number of hydrogen-bond acceptors (Lipinski definition) is 3. The Labute approximate surface area is 174 Å². The number of hydrogen-bond donors (Lipinski definition) is 1. The normalized spacial score (nSPS) is 22.9. The summed E-state index contributed by atoms with van der Waals surface area (Å²) < 4.78 is 1.85. The smallest absolute Gasteiger partial charge is 0.239 e. The molecule has 29 heavy (non-hydrogen) atoms. The lowest BCUT2D eigenvalue weighted by molar-refractivity contribution is -0.118. The third kappa shape index (κ3) is 4.72. The van der Waals surface area contributed by atoms with Crippen LogP contribution in [0.5, 0.6) is 0 Å². The minimum atomic E-state index is -0.0810. The van der Waals surface area contributed by atoms with E-state index in [1.54, 1.807) is 0 Å². The molecule has 156 valence electrons. The van der Waals surface area contributed by atoms with Crippen molar-refractivity contribution < 1.29 is 4.79 Å². The number of benzene rings is 1. The molecule has 4 rings (SSSR count). The van der Waals surface area contributed by atoms with Crippen molar-refractivity contribution in [1.82, 2.24) is 14.7 Å². The summed E-state index contributed by atoms with van der Waals surface area (Å²) in [5, 5.41) is 7.93. The van der Waals surface area contributed by atoms with E-state index in [1.165, 1.54) is 32.1 Å². The number of nitrogens with zero attached hydrogens (tertiary/aromatic N) is 3. The molecule has 1 saturated heterocycles. The second-order valence-electron chi connectivity index (χ2n) is 9.79. The van der Waals surface area contributed by atoms with Crippen molar-refractivity contribution in [3.8, 4) is 5.69 Å². The molecule has 2 heterocycles. The van der Waals surface area contributed by atoms with Gasteiger partial charge in [0.25, 0.3) is 0 Å². The van der Waals surface area contributed by atoms with E-state index >= 15 is 0 Å². The molecule has 0 bridgehead atoms. The predicted molar refractivity (Wildman–Crippen MR) is 117 cm³/mol. The standard InChI is InChI=1S/C24H34N4O/c1-24(2,3)21-15-22(28(26-21)20-11-5-4-6-12-20)25-23(29)17-27-14-13-18-9-7-8-10-19(18)16-27/h4-6,11-12,15,18-19H,7-10,13-14,16-17H2,1-3H3,(H,25,29)/t18-,19-/m0/s1. The number of likely N-dealkylation sites (tertiary alicyclic amines) is 1. The van der Waals surface area contributed by atoms with Crippen molar-refractivity contribution in [2.75, 3.05) is 25.0 Å². The second kappa shape index (κ2) is 8.31. The van der Waals surface area contributed by atoms with Crippen molar-refractivity contribution in [3.63, 3.8) is 0 Å². The van der Waals surface area contributed by atoms with Gasteiger partial charge in [0.1, 0.15) is 5.82 Å². The number of anilines is 1. The van der Waals surface area contributed by atoms with Gasteiger partial charge < -0.3 is 5.32 Å². The Morgan fingerprint density at radius 3 is 2.55 bits per heavy atom. The average molecular weight is 395 g/mol. The van der Waals surface area contributed by atoms with Gasteiger partial charge in [0, 0.05) is 18.0 Å². The molecule has 2 fully saturated rings. The first-order chi connectivity index (χ1) is 13.9. The summed E-state index contributed by atoms with van der Waals surface area (Å²) in [5.74, 6) is 2.47. The van der Waals surface area contributed by atoms with E-state index in [1.807, 2.05) is 41.1 Å². The summed E-state index contributed by atoms with van der Waals surface area (Å²) in [6.07, 6.45) is 6.71. The fraction of sp³-hybridized carbons (Fsp3) is 0.583. The van der Waals surface area contributed by atoms with E-state index in [0.29, 0.717) is 6.54 Å². The summed E-state index contributed by atoms with van der Waals surface area (Å²) in [6.45, 7) is 9.01. The molecule has 5 nitrogen and oxygen atoms in total. The molecule has 1 N–H and O–H groups in total. The van der Waals surface area contributed by atoms with E-state index in [9.17, 15) is 4.79 Å². The van der Waals surface area contributed by atoms with Crippen LogP contribution in [0.2, 0.25) is 0 Å². The van der Waals surface area contributed by atoms with Gasteiger partial charge in [-0.15, -0.1) is 0 Å². The van der Waals surface area contributed by atoms with Gasteiger partial charge in [0.15, 0.2) is 0 Å². The van der Waals surface area contributed by atoms with Crippen molar-refractivity contribution >= 4 is 11.7 Å². The molecule has 5 heteroatoms. The summed E-state index contributed by atoms with van der Waals surface area (Å²) >= 11 is 0. The molecule has 1 aliphatic heterocycles. The van der Waals surface area contributed by atoms with Gasteiger partial charge in [-0.25, -0.2) is 4.68 Å². The van der Waals surface area contributed by atoms with Crippen LogP contribution in [0.25, 0.3) is 5.69 Å². The van der Waals surface area contributed by atoms with Crippen LogP contribution in [0.15, 0.2) is 36.4 Å². The molecule has 1 amide bonds. The monoisotopic (exact) mass is 394 g/mol. The predicted octanol–water partition coefficient (Wildman–Crippen LogP) is 4.62. The first-order valence-electron chi connectivity index (χ1n) is 11.1. The molecule has 2 atom stereocenters. The molecule has 1 aromatic heterocycles. The third-order valence-electron chi connectivity index (χ3n) is 6.49. The molecular weight excluding hydrogens is 360 g/mol. The van der Waals surface area contributed by atoms with Crippen molar-refractivity contribution in [1.29, 1.82) is 0 Å². The number of rotatable bonds is 4. The van der Waals surface area contributed by atoms with Crippen molar-refractivity contribution in [2.45, 2.75) is 58.3 Å². The number of amides is 1. The maximum Gasteiger partial charge on any atom is 0.239 e. The van der Waals surface area contributed by atoms with Crippen LogP contribution in [0.4, 0.5) is 5.82 Å². The fourth-order valence-electron chi connectivity index (χ4n) is 4.81. The molecule has 0 radical (unpaired) electrons. The first kappa shape index (κ1) is 20.1. The van der Waals surface area contributed by atoms with Crippen molar-refractivity contribution in [3.05, 3.63) is 42.1 Å². The van der Waals surface area contributed by atoms with Gasteiger partial charge in [0.2, 0.25) is 5.91 Å². The third-order valence-corrected chi connectivity index (χ3v) is 6.49. The maximum absolute atomic E-state index is 12.9. The van der Waals surface area contributed by atoms with E-state index in [2.05, 4.69) is 31.0 Å². The zero-order chi connectivity index (χ0) is 20.4. The molecule has 2 aliphatic rings. The van der Waals surface area contributed by atoms with E-state index in [4.69, 9.17) is 5.10 Å². The Kier molecular flexibility index (Phi) is 5.77. The highest BCUT2D eigenvalue weighted by Gasteiger charge is 2.31. The molecule has 1 saturated carbocycles. The summed E-state index contributed by atoms with van der Waals surface area (Å²) in [5.41, 5.74) is 1.85. The Morgan fingerprint density at radius 2 is 1.83 bits per heavy atom. The van der Waals surface area contributed by atoms with Gasteiger partial charge in [-0.05, 0) is 43.4 Å². The number of para-hydroxylation sites is 1. The van der Waals surface area contributed by atoms with Crippen LogP contribution >= 0.6 is 0 Å². The Balaban J connectivity index is 1.47. The Bertz CT molecular complexity index is 836. The van der Waals surface area contributed by atoms with Gasteiger partial charge in [-0.1, -0.05) is 58.2 Å². The molecule has 0 unspecified atom stereocenters. The lowest BCUT2D eigenvalue weighted by Crippen LogP contribution is -2.44. The minimum absolute atomic E-state index is 0.0526. The maximum atomic E-state index is 12.9. The number of fused-ring (bicyclic) bond motifs is 1. The van der Waals surface area contributed by atoms with Gasteiger partial charge in [-0.3, -0.25) is 9.69 Å². The quantitative estimate of drug-likeness (QED) is 0.823. The van der Waals surface area contributed by atoms with Gasteiger partial charge in [-0.2, -0.15) is 5.10 Å². The largest absolute Gasteiger partial charge is 0.309 e. The number of carbonyl (C=O) groups is 1. The summed E-state index contributed by atoms with van der Waals surface area (Å²) in [7, 11) is 0. The molecular formula is C24H34N4O. The van der Waals surface area contributed by atoms with Crippen LogP contribution in [-0.2, 0) is 10.2 Å². The SMILES string of the molecule is CC(C)(C)c1cc(NC(=O)CN2CC[C@@H]3CCCC[C@H]3C2)n(-c2ccccc2)n1. The molecule has 2 aromatic rings. The average Bonchev–Trinajstić information content (AvgIpc) is 3.12. The highest BCUT2D eigenvalue weighted by atomic mass is 16.2. The molecule has 1 aliphatic carbocycles. The van der Waals surface area contributed by atoms with Crippen LogP contribution < -0.4 is 5.32 Å². The van der Waals surface area contributed by atoms with Crippen LogP contribution in [-0.4, -0.2) is 40.2 Å².